The van der Waals surface area contributed by atoms with Crippen molar-refractivity contribution in [3.8, 4) is 16.9 Å². The molecule has 3 atom stereocenters. The van der Waals surface area contributed by atoms with Gasteiger partial charge in [-0.05, 0) is 72.9 Å². The van der Waals surface area contributed by atoms with Gasteiger partial charge in [-0.3, -0.25) is 24.0 Å². The molecule has 0 aromatic heterocycles. The third-order valence-corrected chi connectivity index (χ3v) is 7.07. The van der Waals surface area contributed by atoms with E-state index >= 15 is 0 Å². The highest BCUT2D eigenvalue weighted by Gasteiger charge is 2.44. The summed E-state index contributed by atoms with van der Waals surface area (Å²) < 4.78 is 0. The van der Waals surface area contributed by atoms with E-state index in [-0.39, 0.29) is 43.0 Å². The standard InChI is InChI=1S/C28H33NO9/c1-16(32)10-25(35)28(37,15-31)20(8-9-30)11-17-12-22-21(6-7-23(33)26(22)24(34)13-17)18-4-3-5-19(14-18)27(36)29-38-2/h3-7,14,17,20,30-31,33,37H,8-13,15H2,1-2H3,(H,29,36)/t17?,20?,28-/m1/s1. The number of rotatable bonds is 12. The van der Waals surface area contributed by atoms with Crippen LogP contribution in [0, 0.1) is 11.8 Å². The van der Waals surface area contributed by atoms with Crippen molar-refractivity contribution in [2.24, 2.45) is 11.8 Å². The summed E-state index contributed by atoms with van der Waals surface area (Å²) in [5.74, 6) is -3.56. The molecule has 0 bridgehead atoms. The number of nitrogens with one attached hydrogen (secondary N) is 1. The fraction of sp³-hybridized carbons (Fsp3) is 0.429. The van der Waals surface area contributed by atoms with Gasteiger partial charge in [-0.15, -0.1) is 0 Å². The van der Waals surface area contributed by atoms with Crippen molar-refractivity contribution in [3.05, 3.63) is 53.1 Å². The minimum Gasteiger partial charge on any atom is -0.507 e. The molecule has 0 aliphatic heterocycles. The molecule has 0 radical (unpaired) electrons. The lowest BCUT2D eigenvalue weighted by Gasteiger charge is -2.36. The molecule has 0 fully saturated rings. The largest absolute Gasteiger partial charge is 0.507 e. The zero-order valence-corrected chi connectivity index (χ0v) is 21.4. The van der Waals surface area contributed by atoms with Crippen molar-refractivity contribution < 1.29 is 44.4 Å². The van der Waals surface area contributed by atoms with Crippen molar-refractivity contribution in [1.29, 1.82) is 0 Å². The molecular weight excluding hydrogens is 494 g/mol. The Kier molecular flexibility index (Phi) is 9.50. The number of amides is 1. The van der Waals surface area contributed by atoms with E-state index in [9.17, 15) is 39.6 Å². The first kappa shape index (κ1) is 29.1. The number of aromatic hydroxyl groups is 1. The second-order valence-electron chi connectivity index (χ2n) is 9.73. The van der Waals surface area contributed by atoms with E-state index in [2.05, 4.69) is 5.48 Å². The number of phenols is 1. The van der Waals surface area contributed by atoms with Crippen molar-refractivity contribution >= 4 is 23.3 Å². The number of aliphatic hydroxyl groups is 3. The predicted molar refractivity (Wildman–Crippen MR) is 136 cm³/mol. The van der Waals surface area contributed by atoms with Gasteiger partial charge >= 0.3 is 0 Å². The molecule has 38 heavy (non-hydrogen) atoms. The number of hydroxylamine groups is 1. The molecule has 2 unspecified atom stereocenters. The first-order valence-corrected chi connectivity index (χ1v) is 12.3. The molecule has 2 aromatic carbocycles. The monoisotopic (exact) mass is 527 g/mol. The fourth-order valence-electron chi connectivity index (χ4n) is 5.23. The molecule has 10 nitrogen and oxygen atoms in total. The van der Waals surface area contributed by atoms with E-state index in [0.29, 0.717) is 28.7 Å². The number of hydrogen-bond acceptors (Lipinski definition) is 9. The van der Waals surface area contributed by atoms with Crippen LogP contribution in [0.1, 0.15) is 58.9 Å². The maximum absolute atomic E-state index is 13.2. The van der Waals surface area contributed by atoms with Crippen LogP contribution in [0.2, 0.25) is 0 Å². The smallest absolute Gasteiger partial charge is 0.274 e. The zero-order valence-electron chi connectivity index (χ0n) is 21.4. The van der Waals surface area contributed by atoms with Crippen molar-refractivity contribution in [3.63, 3.8) is 0 Å². The molecule has 1 aliphatic carbocycles. The number of carbonyl (C=O) groups is 4. The number of fused-ring (bicyclic) bond motifs is 1. The number of hydrogen-bond donors (Lipinski definition) is 5. The summed E-state index contributed by atoms with van der Waals surface area (Å²) in [5.41, 5.74) is 2.33. The average molecular weight is 528 g/mol. The molecular formula is C28H33NO9. The van der Waals surface area contributed by atoms with Gasteiger partial charge in [0.25, 0.3) is 5.91 Å². The van der Waals surface area contributed by atoms with Crippen LogP contribution in [0.4, 0.5) is 0 Å². The van der Waals surface area contributed by atoms with Crippen LogP contribution in [-0.2, 0) is 20.8 Å². The van der Waals surface area contributed by atoms with Gasteiger partial charge in [-0.25, -0.2) is 5.48 Å². The molecule has 2 aromatic rings. The molecule has 204 valence electrons. The predicted octanol–water partition coefficient (Wildman–Crippen LogP) is 1.76. The van der Waals surface area contributed by atoms with Crippen LogP contribution < -0.4 is 5.48 Å². The third kappa shape index (κ3) is 6.16. The Morgan fingerprint density at radius 1 is 1.16 bits per heavy atom. The summed E-state index contributed by atoms with van der Waals surface area (Å²) in [7, 11) is 1.32. The van der Waals surface area contributed by atoms with Gasteiger partial charge in [0.05, 0.1) is 25.7 Å². The minimum absolute atomic E-state index is 0.0185. The molecule has 10 heteroatoms. The minimum atomic E-state index is -2.25. The Balaban J connectivity index is 1.99. The molecule has 3 rings (SSSR count). The summed E-state index contributed by atoms with van der Waals surface area (Å²) in [6, 6.07) is 9.77. The molecule has 0 heterocycles. The van der Waals surface area contributed by atoms with E-state index in [1.54, 1.807) is 30.3 Å². The Hall–Kier alpha value is -3.44. The molecule has 1 amide bonds. The van der Waals surface area contributed by atoms with E-state index in [0.717, 1.165) is 0 Å². The number of phenolic OH excluding ortho intramolecular Hbond substituents is 1. The first-order chi connectivity index (χ1) is 18.0. The van der Waals surface area contributed by atoms with Crippen LogP contribution >= 0.6 is 0 Å². The highest BCUT2D eigenvalue weighted by molar-refractivity contribution is 6.04. The SMILES string of the molecule is CONC(=O)c1cccc(-c2ccc(O)c3c2CC(CC(CCO)[C@](O)(CO)C(=O)CC(C)=O)CC3=O)c1. The van der Waals surface area contributed by atoms with E-state index < -0.39 is 47.9 Å². The van der Waals surface area contributed by atoms with Gasteiger partial charge in [0.1, 0.15) is 17.1 Å². The first-order valence-electron chi connectivity index (χ1n) is 12.3. The lowest BCUT2D eigenvalue weighted by molar-refractivity contribution is -0.152. The molecule has 0 saturated carbocycles. The maximum Gasteiger partial charge on any atom is 0.274 e. The van der Waals surface area contributed by atoms with E-state index in [4.69, 9.17) is 4.84 Å². The zero-order chi connectivity index (χ0) is 28.0. The fourth-order valence-corrected chi connectivity index (χ4v) is 5.23. The lowest BCUT2D eigenvalue weighted by atomic mass is 9.71. The topological polar surface area (TPSA) is 170 Å². The van der Waals surface area contributed by atoms with Gasteiger partial charge in [0.15, 0.2) is 11.6 Å². The van der Waals surface area contributed by atoms with Gasteiger partial charge in [-0.1, -0.05) is 18.2 Å². The Bertz CT molecular complexity index is 1220. The normalized spacial score (nSPS) is 17.3. The molecule has 0 spiro atoms. The van der Waals surface area contributed by atoms with Gasteiger partial charge < -0.3 is 20.4 Å². The lowest BCUT2D eigenvalue weighted by Crippen LogP contribution is -2.51. The number of Topliss-reactive ketones (excluding diaryl/α,β-unsaturated/α-hetero) is 3. The second kappa shape index (κ2) is 12.4. The van der Waals surface area contributed by atoms with Gasteiger partial charge in [0.2, 0.25) is 0 Å². The van der Waals surface area contributed by atoms with Crippen LogP contribution in [0.25, 0.3) is 11.1 Å². The molecule has 0 saturated heterocycles. The van der Waals surface area contributed by atoms with Gasteiger partial charge in [0, 0.05) is 18.6 Å². The summed E-state index contributed by atoms with van der Waals surface area (Å²) >= 11 is 0. The summed E-state index contributed by atoms with van der Waals surface area (Å²) in [6.45, 7) is -0.0985. The summed E-state index contributed by atoms with van der Waals surface area (Å²) in [4.78, 5) is 54.3. The Morgan fingerprint density at radius 2 is 1.89 bits per heavy atom. The average Bonchev–Trinajstić information content (AvgIpc) is 2.87. The highest BCUT2D eigenvalue weighted by atomic mass is 16.6. The van der Waals surface area contributed by atoms with Crippen molar-refractivity contribution in [1.82, 2.24) is 5.48 Å². The van der Waals surface area contributed by atoms with Gasteiger partial charge in [-0.2, -0.15) is 0 Å². The number of ketones is 3. The summed E-state index contributed by atoms with van der Waals surface area (Å²) in [6.07, 6.45) is -0.162. The van der Waals surface area contributed by atoms with Crippen LogP contribution in [0.15, 0.2) is 36.4 Å². The van der Waals surface area contributed by atoms with E-state index in [1.807, 2.05) is 0 Å². The van der Waals surface area contributed by atoms with Crippen LogP contribution in [0.3, 0.4) is 0 Å². The Labute approximate surface area is 220 Å². The number of benzene rings is 2. The third-order valence-electron chi connectivity index (χ3n) is 7.07. The number of carbonyl (C=O) groups excluding carboxylic acids is 4. The maximum atomic E-state index is 13.2. The van der Waals surface area contributed by atoms with Crippen molar-refractivity contribution in [2.75, 3.05) is 20.3 Å². The highest BCUT2D eigenvalue weighted by Crippen LogP contribution is 2.41. The molecule has 5 N–H and O–H groups in total. The van der Waals surface area contributed by atoms with Crippen LogP contribution in [0.5, 0.6) is 5.75 Å². The quantitative estimate of drug-likeness (QED) is 0.204. The van der Waals surface area contributed by atoms with E-state index in [1.165, 1.54) is 20.1 Å². The van der Waals surface area contributed by atoms with Crippen LogP contribution in [-0.4, -0.2) is 69.6 Å². The number of aliphatic hydroxyl groups excluding tert-OH is 2. The summed E-state index contributed by atoms with van der Waals surface area (Å²) in [5, 5.41) is 41.2. The molecule has 1 aliphatic rings. The van der Waals surface area contributed by atoms with Crippen molar-refractivity contribution in [2.45, 2.75) is 44.6 Å². The Morgan fingerprint density at radius 3 is 2.53 bits per heavy atom. The second-order valence-corrected chi connectivity index (χ2v) is 9.73.